The molecule has 2 unspecified atom stereocenters. The Morgan fingerprint density at radius 3 is 2.59 bits per heavy atom. The topological polar surface area (TPSA) is 62.8 Å². The molecule has 0 aromatic heterocycles. The first-order valence-corrected chi connectivity index (χ1v) is 12.3. The second kappa shape index (κ2) is 11.1. The third-order valence-electron chi connectivity index (χ3n) is 5.23. The van der Waals surface area contributed by atoms with Crippen LogP contribution in [-0.4, -0.2) is 38.8 Å². The maximum absolute atomic E-state index is 13.3. The van der Waals surface area contributed by atoms with Gasteiger partial charge in [0.15, 0.2) is 0 Å². The van der Waals surface area contributed by atoms with E-state index < -0.39 is 11.7 Å². The van der Waals surface area contributed by atoms with Crippen molar-refractivity contribution in [2.75, 3.05) is 5.32 Å². The molecule has 0 bridgehead atoms. The van der Waals surface area contributed by atoms with Gasteiger partial charge in [0, 0.05) is 5.56 Å². The molecule has 1 aliphatic heterocycles. The van der Waals surface area contributed by atoms with E-state index in [4.69, 9.17) is 33.9 Å². The predicted octanol–water partition coefficient (Wildman–Crippen LogP) is 6.04. The fraction of sp³-hybridized carbons (Fsp3) is 0.423. The Labute approximate surface area is 213 Å². The molecule has 2 atom stereocenters. The van der Waals surface area contributed by atoms with E-state index >= 15 is 0 Å². The Kier molecular flexibility index (Phi) is 8.49. The maximum Gasteiger partial charge on any atom is 0.412 e. The molecule has 1 amide bonds. The molecule has 1 heterocycles. The number of hydrogen-bond acceptors (Lipinski definition) is 5. The van der Waals surface area contributed by atoms with Crippen molar-refractivity contribution in [3.8, 4) is 5.75 Å². The lowest BCUT2D eigenvalue weighted by molar-refractivity contribution is 0.0113. The summed E-state index contributed by atoms with van der Waals surface area (Å²) in [5, 5.41) is 6.63. The van der Waals surface area contributed by atoms with Gasteiger partial charge in [0.05, 0.1) is 12.2 Å². The average Bonchev–Trinajstić information content (AvgIpc) is 2.77. The van der Waals surface area contributed by atoms with Gasteiger partial charge in [0.1, 0.15) is 33.6 Å². The van der Waals surface area contributed by atoms with Crippen molar-refractivity contribution in [1.29, 1.82) is 0 Å². The largest absolute Gasteiger partial charge is 0.481 e. The van der Waals surface area contributed by atoms with Crippen molar-refractivity contribution in [3.05, 3.63) is 59.7 Å². The SMILES string of the molecule is CCCC(NC(=S)c1ccccc1)N(Cc1ccc2c(c1)NC(=S)C(C)O2)C(=O)OC(C)(C)C. The molecule has 0 radical (unpaired) electrons. The molecule has 0 fully saturated rings. The number of benzene rings is 2. The van der Waals surface area contributed by atoms with E-state index in [1.165, 1.54) is 0 Å². The molecule has 34 heavy (non-hydrogen) atoms. The number of anilines is 1. The summed E-state index contributed by atoms with van der Waals surface area (Å²) in [5.41, 5.74) is 2.00. The van der Waals surface area contributed by atoms with Gasteiger partial charge in [0.25, 0.3) is 0 Å². The number of rotatable bonds is 7. The lowest BCUT2D eigenvalue weighted by Crippen LogP contribution is -2.51. The van der Waals surface area contributed by atoms with Crippen molar-refractivity contribution in [1.82, 2.24) is 10.2 Å². The number of ether oxygens (including phenoxy) is 2. The summed E-state index contributed by atoms with van der Waals surface area (Å²) in [6.45, 7) is 9.91. The summed E-state index contributed by atoms with van der Waals surface area (Å²) in [6, 6.07) is 15.6. The van der Waals surface area contributed by atoms with Crippen LogP contribution in [-0.2, 0) is 11.3 Å². The van der Waals surface area contributed by atoms with Crippen molar-refractivity contribution >= 4 is 46.2 Å². The third-order valence-corrected chi connectivity index (χ3v) is 6.02. The molecule has 3 rings (SSSR count). The number of amides is 1. The van der Waals surface area contributed by atoms with Crippen LogP contribution in [0.15, 0.2) is 48.5 Å². The van der Waals surface area contributed by atoms with Gasteiger partial charge in [-0.2, -0.15) is 0 Å². The van der Waals surface area contributed by atoms with Crippen molar-refractivity contribution in [2.45, 2.75) is 71.9 Å². The molecule has 0 aliphatic carbocycles. The van der Waals surface area contributed by atoms with Gasteiger partial charge < -0.3 is 20.1 Å². The summed E-state index contributed by atoms with van der Waals surface area (Å²) in [5.74, 6) is 0.738. The highest BCUT2D eigenvalue weighted by molar-refractivity contribution is 7.81. The quantitative estimate of drug-likeness (QED) is 0.356. The first-order chi connectivity index (χ1) is 16.1. The number of nitrogens with one attached hydrogen (secondary N) is 2. The molecule has 6 nitrogen and oxygen atoms in total. The summed E-state index contributed by atoms with van der Waals surface area (Å²) in [7, 11) is 0. The van der Waals surface area contributed by atoms with E-state index in [0.29, 0.717) is 22.9 Å². The number of carbonyl (C=O) groups is 1. The number of hydrogen-bond donors (Lipinski definition) is 2. The Balaban J connectivity index is 1.89. The van der Waals surface area contributed by atoms with E-state index in [-0.39, 0.29) is 12.3 Å². The number of nitrogens with zero attached hydrogens (tertiary/aromatic N) is 1. The zero-order chi connectivity index (χ0) is 24.9. The molecule has 2 aromatic carbocycles. The molecule has 182 valence electrons. The predicted molar refractivity (Wildman–Crippen MR) is 145 cm³/mol. The zero-order valence-corrected chi connectivity index (χ0v) is 22.0. The van der Waals surface area contributed by atoms with Gasteiger partial charge in [-0.3, -0.25) is 4.90 Å². The first kappa shape index (κ1) is 25.9. The fourth-order valence-corrected chi connectivity index (χ4v) is 4.01. The van der Waals surface area contributed by atoms with Crippen LogP contribution in [0.4, 0.5) is 10.5 Å². The Morgan fingerprint density at radius 1 is 1.24 bits per heavy atom. The smallest absolute Gasteiger partial charge is 0.412 e. The van der Waals surface area contributed by atoms with Gasteiger partial charge in [-0.05, 0) is 51.8 Å². The molecule has 0 saturated carbocycles. The number of carbonyl (C=O) groups excluding carboxylic acids is 1. The normalized spacial score (nSPS) is 15.9. The van der Waals surface area contributed by atoms with E-state index in [9.17, 15) is 4.79 Å². The Morgan fingerprint density at radius 2 is 1.94 bits per heavy atom. The maximum atomic E-state index is 13.3. The zero-order valence-electron chi connectivity index (χ0n) is 20.4. The molecule has 8 heteroatoms. The minimum absolute atomic E-state index is 0.177. The van der Waals surface area contributed by atoms with Crippen LogP contribution in [0, 0.1) is 0 Å². The van der Waals surface area contributed by atoms with Gasteiger partial charge >= 0.3 is 6.09 Å². The molecular formula is C26H33N3O3S2. The highest BCUT2D eigenvalue weighted by Crippen LogP contribution is 2.31. The van der Waals surface area contributed by atoms with E-state index in [2.05, 4.69) is 17.6 Å². The molecule has 2 aromatic rings. The van der Waals surface area contributed by atoms with Gasteiger partial charge in [0.2, 0.25) is 0 Å². The first-order valence-electron chi connectivity index (χ1n) is 11.5. The summed E-state index contributed by atoms with van der Waals surface area (Å²) >= 11 is 11.0. The van der Waals surface area contributed by atoms with Crippen LogP contribution in [0.25, 0.3) is 0 Å². The Bertz CT molecular complexity index is 1040. The second-order valence-corrected chi connectivity index (χ2v) is 10.2. The van der Waals surface area contributed by atoms with Crippen molar-refractivity contribution < 1.29 is 14.3 Å². The number of thiocarbonyl (C=S) groups is 2. The van der Waals surface area contributed by atoms with Crippen LogP contribution in [0.2, 0.25) is 0 Å². The van der Waals surface area contributed by atoms with Crippen LogP contribution in [0.5, 0.6) is 5.75 Å². The van der Waals surface area contributed by atoms with Crippen LogP contribution in [0.3, 0.4) is 0 Å². The minimum Gasteiger partial charge on any atom is -0.481 e. The fourth-order valence-electron chi connectivity index (χ4n) is 3.58. The average molecular weight is 500 g/mol. The second-order valence-electron chi connectivity index (χ2n) is 9.33. The molecule has 2 N–H and O–H groups in total. The monoisotopic (exact) mass is 499 g/mol. The number of fused-ring (bicyclic) bond motifs is 1. The van der Waals surface area contributed by atoms with E-state index in [0.717, 1.165) is 29.0 Å². The molecule has 0 spiro atoms. The summed E-state index contributed by atoms with van der Waals surface area (Å²) in [4.78, 5) is 16.3. The lowest BCUT2D eigenvalue weighted by Gasteiger charge is -2.35. The minimum atomic E-state index is -0.625. The van der Waals surface area contributed by atoms with Gasteiger partial charge in [-0.15, -0.1) is 0 Å². The highest BCUT2D eigenvalue weighted by atomic mass is 32.1. The van der Waals surface area contributed by atoms with E-state index in [1.807, 2.05) is 76.2 Å². The standard InChI is InChI=1S/C26H33N3O3S2/c1-6-10-22(28-24(34)19-11-8-7-9-12-19)29(25(30)32-26(3,4)5)16-18-13-14-21-20(15-18)27-23(33)17(2)31-21/h7-9,11-15,17,22H,6,10,16H2,1-5H3,(H,27,33)(H,28,34). The summed E-state index contributed by atoms with van der Waals surface area (Å²) in [6.07, 6.45) is 0.651. The van der Waals surface area contributed by atoms with Crippen molar-refractivity contribution in [2.24, 2.45) is 0 Å². The van der Waals surface area contributed by atoms with E-state index in [1.54, 1.807) is 4.90 Å². The lowest BCUT2D eigenvalue weighted by atomic mass is 10.1. The van der Waals surface area contributed by atoms with Gasteiger partial charge in [-0.25, -0.2) is 4.79 Å². The van der Waals surface area contributed by atoms with Crippen LogP contribution < -0.4 is 15.4 Å². The molecule has 1 aliphatic rings. The summed E-state index contributed by atoms with van der Waals surface area (Å²) < 4.78 is 11.6. The Hall–Kier alpha value is -2.71. The van der Waals surface area contributed by atoms with Crippen molar-refractivity contribution in [3.63, 3.8) is 0 Å². The highest BCUT2D eigenvalue weighted by Gasteiger charge is 2.29. The van der Waals surface area contributed by atoms with Crippen LogP contribution >= 0.6 is 24.4 Å². The van der Waals surface area contributed by atoms with Gasteiger partial charge in [-0.1, -0.05) is 74.2 Å². The molecule has 0 saturated heterocycles. The third kappa shape index (κ3) is 6.90. The van der Waals surface area contributed by atoms with Crippen LogP contribution in [0.1, 0.15) is 58.6 Å². The molecular weight excluding hydrogens is 466 g/mol.